The number of methoxy groups -OCH3 is 1. The SMILES string of the molecule is CCc1ccc(CNC(=NC)NCCc2cccc(OC)c2)s1.I. The molecule has 0 aliphatic heterocycles. The van der Waals surface area contributed by atoms with Crippen LogP contribution >= 0.6 is 35.3 Å². The monoisotopic (exact) mass is 459 g/mol. The van der Waals surface area contributed by atoms with Crippen molar-refractivity contribution in [1.29, 1.82) is 0 Å². The zero-order chi connectivity index (χ0) is 16.5. The van der Waals surface area contributed by atoms with Crippen LogP contribution in [0.25, 0.3) is 0 Å². The van der Waals surface area contributed by atoms with E-state index in [0.29, 0.717) is 0 Å². The fraction of sp³-hybridized carbons (Fsp3) is 0.389. The molecule has 6 heteroatoms. The Labute approximate surface area is 165 Å². The Morgan fingerprint density at radius 3 is 2.62 bits per heavy atom. The molecule has 132 valence electrons. The van der Waals surface area contributed by atoms with Gasteiger partial charge in [0.25, 0.3) is 0 Å². The van der Waals surface area contributed by atoms with E-state index in [1.807, 2.05) is 23.5 Å². The Bertz CT molecular complexity index is 643. The lowest BCUT2D eigenvalue weighted by molar-refractivity contribution is 0.414. The molecule has 0 fully saturated rings. The van der Waals surface area contributed by atoms with E-state index in [1.54, 1.807) is 14.2 Å². The second-order valence-corrected chi connectivity index (χ2v) is 6.43. The van der Waals surface area contributed by atoms with Gasteiger partial charge in [0.1, 0.15) is 5.75 Å². The maximum Gasteiger partial charge on any atom is 0.191 e. The second kappa shape index (κ2) is 11.3. The number of hydrogen-bond donors (Lipinski definition) is 2. The first-order valence-corrected chi connectivity index (χ1v) is 8.71. The van der Waals surface area contributed by atoms with E-state index in [-0.39, 0.29) is 24.0 Å². The molecule has 0 saturated heterocycles. The zero-order valence-corrected chi connectivity index (χ0v) is 17.6. The molecule has 0 spiro atoms. The topological polar surface area (TPSA) is 45.7 Å². The van der Waals surface area contributed by atoms with Gasteiger partial charge in [0.2, 0.25) is 0 Å². The first-order chi connectivity index (χ1) is 11.2. The number of thiophene rings is 1. The molecule has 0 atom stereocenters. The summed E-state index contributed by atoms with van der Waals surface area (Å²) in [5.41, 5.74) is 1.25. The van der Waals surface area contributed by atoms with Gasteiger partial charge < -0.3 is 15.4 Å². The fourth-order valence-electron chi connectivity index (χ4n) is 2.25. The number of ether oxygens (including phenoxy) is 1. The summed E-state index contributed by atoms with van der Waals surface area (Å²) < 4.78 is 5.25. The van der Waals surface area contributed by atoms with E-state index in [1.165, 1.54) is 15.3 Å². The van der Waals surface area contributed by atoms with Gasteiger partial charge in [-0.1, -0.05) is 19.1 Å². The van der Waals surface area contributed by atoms with Gasteiger partial charge >= 0.3 is 0 Å². The number of nitrogens with zero attached hydrogens (tertiary/aromatic N) is 1. The van der Waals surface area contributed by atoms with Crippen molar-refractivity contribution in [3.63, 3.8) is 0 Å². The molecule has 0 amide bonds. The zero-order valence-electron chi connectivity index (χ0n) is 14.5. The molecule has 0 bridgehead atoms. The second-order valence-electron chi connectivity index (χ2n) is 5.18. The fourth-order valence-corrected chi connectivity index (χ4v) is 3.15. The van der Waals surface area contributed by atoms with Crippen molar-refractivity contribution in [3.05, 3.63) is 51.7 Å². The molecule has 0 saturated carbocycles. The molecule has 1 aromatic carbocycles. The largest absolute Gasteiger partial charge is 0.497 e. The van der Waals surface area contributed by atoms with Crippen LogP contribution in [0.2, 0.25) is 0 Å². The van der Waals surface area contributed by atoms with Crippen LogP contribution in [0.1, 0.15) is 22.2 Å². The van der Waals surface area contributed by atoms with E-state index < -0.39 is 0 Å². The number of aliphatic imine (C=N–C) groups is 1. The minimum atomic E-state index is 0. The van der Waals surface area contributed by atoms with Gasteiger partial charge in [0.15, 0.2) is 5.96 Å². The number of halogens is 1. The highest BCUT2D eigenvalue weighted by molar-refractivity contribution is 14.0. The molecule has 1 aromatic heterocycles. The average molecular weight is 459 g/mol. The van der Waals surface area contributed by atoms with Gasteiger partial charge in [0.05, 0.1) is 13.7 Å². The van der Waals surface area contributed by atoms with Crippen LogP contribution in [0.3, 0.4) is 0 Å². The predicted octanol–water partition coefficient (Wildman–Crippen LogP) is 3.84. The maximum absolute atomic E-state index is 5.25. The summed E-state index contributed by atoms with van der Waals surface area (Å²) in [6.07, 6.45) is 2.02. The van der Waals surface area contributed by atoms with Gasteiger partial charge in [-0.3, -0.25) is 4.99 Å². The molecular weight excluding hydrogens is 433 g/mol. The van der Waals surface area contributed by atoms with Crippen molar-refractivity contribution in [2.45, 2.75) is 26.3 Å². The van der Waals surface area contributed by atoms with Gasteiger partial charge in [0, 0.05) is 23.3 Å². The number of rotatable bonds is 7. The van der Waals surface area contributed by atoms with Gasteiger partial charge in [-0.2, -0.15) is 0 Å². The summed E-state index contributed by atoms with van der Waals surface area (Å²) in [5.74, 6) is 1.73. The Morgan fingerprint density at radius 1 is 1.17 bits per heavy atom. The molecule has 0 aliphatic carbocycles. The van der Waals surface area contributed by atoms with E-state index in [9.17, 15) is 0 Å². The van der Waals surface area contributed by atoms with Crippen LogP contribution in [0, 0.1) is 0 Å². The van der Waals surface area contributed by atoms with Gasteiger partial charge in [-0.15, -0.1) is 35.3 Å². The Morgan fingerprint density at radius 2 is 1.96 bits per heavy atom. The third kappa shape index (κ3) is 6.68. The van der Waals surface area contributed by atoms with Crippen molar-refractivity contribution < 1.29 is 4.74 Å². The van der Waals surface area contributed by atoms with Gasteiger partial charge in [-0.05, 0) is 42.7 Å². The third-order valence-electron chi connectivity index (χ3n) is 3.56. The number of nitrogens with one attached hydrogen (secondary N) is 2. The van der Waals surface area contributed by atoms with Crippen molar-refractivity contribution in [3.8, 4) is 5.75 Å². The highest BCUT2D eigenvalue weighted by Crippen LogP contribution is 2.16. The molecule has 1 heterocycles. The van der Waals surface area contributed by atoms with Crippen molar-refractivity contribution in [1.82, 2.24) is 10.6 Å². The Balaban J connectivity index is 0.00000288. The molecule has 24 heavy (non-hydrogen) atoms. The third-order valence-corrected chi connectivity index (χ3v) is 4.79. The van der Waals surface area contributed by atoms with Crippen molar-refractivity contribution in [2.24, 2.45) is 4.99 Å². The first kappa shape index (κ1) is 20.8. The van der Waals surface area contributed by atoms with E-state index in [2.05, 4.69) is 46.8 Å². The van der Waals surface area contributed by atoms with Gasteiger partial charge in [-0.25, -0.2) is 0 Å². The number of guanidine groups is 1. The minimum Gasteiger partial charge on any atom is -0.497 e. The average Bonchev–Trinajstić information content (AvgIpc) is 3.06. The molecule has 0 unspecified atom stereocenters. The van der Waals surface area contributed by atoms with Crippen LogP contribution in [0.5, 0.6) is 5.75 Å². The van der Waals surface area contributed by atoms with Crippen LogP contribution in [-0.2, 0) is 19.4 Å². The molecule has 0 aliphatic rings. The van der Waals surface area contributed by atoms with Crippen molar-refractivity contribution in [2.75, 3.05) is 20.7 Å². The lowest BCUT2D eigenvalue weighted by atomic mass is 10.1. The summed E-state index contributed by atoms with van der Waals surface area (Å²) in [7, 11) is 3.49. The summed E-state index contributed by atoms with van der Waals surface area (Å²) in [6.45, 7) is 3.82. The summed E-state index contributed by atoms with van der Waals surface area (Å²) in [6, 6.07) is 12.5. The number of aryl methyl sites for hydroxylation is 1. The Hall–Kier alpha value is -1.28. The minimum absolute atomic E-state index is 0. The van der Waals surface area contributed by atoms with Crippen LogP contribution in [-0.4, -0.2) is 26.7 Å². The van der Waals surface area contributed by atoms with E-state index in [4.69, 9.17) is 4.74 Å². The number of benzene rings is 1. The summed E-state index contributed by atoms with van der Waals surface area (Å²) in [5, 5.41) is 6.71. The highest BCUT2D eigenvalue weighted by atomic mass is 127. The summed E-state index contributed by atoms with van der Waals surface area (Å²) in [4.78, 5) is 7.02. The Kier molecular flexibility index (Phi) is 9.78. The first-order valence-electron chi connectivity index (χ1n) is 7.90. The molecule has 2 aromatic rings. The van der Waals surface area contributed by atoms with Crippen molar-refractivity contribution >= 4 is 41.3 Å². The normalized spacial score (nSPS) is 10.9. The molecule has 2 rings (SSSR count). The predicted molar refractivity (Wildman–Crippen MR) is 114 cm³/mol. The maximum atomic E-state index is 5.25. The highest BCUT2D eigenvalue weighted by Gasteiger charge is 2.02. The van der Waals surface area contributed by atoms with Crippen LogP contribution in [0.4, 0.5) is 0 Å². The lowest BCUT2D eigenvalue weighted by Gasteiger charge is -2.11. The summed E-state index contributed by atoms with van der Waals surface area (Å²) >= 11 is 1.85. The lowest BCUT2D eigenvalue weighted by Crippen LogP contribution is -2.37. The van der Waals surface area contributed by atoms with Crippen LogP contribution < -0.4 is 15.4 Å². The molecular formula is C18H26IN3OS. The standard InChI is InChI=1S/C18H25N3OS.HI/c1-4-16-8-9-17(23-16)13-21-18(19-2)20-11-10-14-6-5-7-15(12-14)22-3;/h5-9,12H,4,10-11,13H2,1-3H3,(H2,19,20,21);1H. The molecule has 0 radical (unpaired) electrons. The molecule has 4 nitrogen and oxygen atoms in total. The quantitative estimate of drug-likeness (QED) is 0.376. The van der Waals surface area contributed by atoms with Crippen LogP contribution in [0.15, 0.2) is 41.4 Å². The van der Waals surface area contributed by atoms with E-state index >= 15 is 0 Å². The number of hydrogen-bond acceptors (Lipinski definition) is 3. The van der Waals surface area contributed by atoms with E-state index in [0.717, 1.165) is 37.6 Å². The molecule has 2 N–H and O–H groups in total. The smallest absolute Gasteiger partial charge is 0.191 e.